The fraction of sp³-hybridized carbons (Fsp3) is 0.615. The summed E-state index contributed by atoms with van der Waals surface area (Å²) in [4.78, 5) is 23.1. The van der Waals surface area contributed by atoms with Gasteiger partial charge in [0.05, 0.1) is 6.20 Å². The van der Waals surface area contributed by atoms with Crippen LogP contribution < -0.4 is 10.6 Å². The van der Waals surface area contributed by atoms with E-state index >= 15 is 0 Å². The topological polar surface area (TPSA) is 96.2 Å². The van der Waals surface area contributed by atoms with E-state index in [4.69, 9.17) is 0 Å². The second-order valence-corrected chi connectivity index (χ2v) is 5.43. The molecule has 1 aliphatic rings. The van der Waals surface area contributed by atoms with Crippen LogP contribution in [-0.2, 0) is 18.3 Å². The summed E-state index contributed by atoms with van der Waals surface area (Å²) < 4.78 is 1.70. The molecule has 1 atom stereocenters. The van der Waals surface area contributed by atoms with Crippen LogP contribution in [0.25, 0.3) is 0 Å². The Labute approximate surface area is 117 Å². The van der Waals surface area contributed by atoms with Crippen molar-refractivity contribution >= 4 is 12.0 Å². The van der Waals surface area contributed by atoms with E-state index in [0.29, 0.717) is 13.0 Å². The van der Waals surface area contributed by atoms with Gasteiger partial charge in [0, 0.05) is 19.8 Å². The molecule has 1 saturated carbocycles. The Morgan fingerprint density at radius 3 is 2.75 bits per heavy atom. The van der Waals surface area contributed by atoms with Crippen molar-refractivity contribution < 1.29 is 14.7 Å². The third-order valence-electron chi connectivity index (χ3n) is 3.67. The predicted molar refractivity (Wildman–Crippen MR) is 72.2 cm³/mol. The Morgan fingerprint density at radius 2 is 2.25 bits per heavy atom. The molecule has 20 heavy (non-hydrogen) atoms. The van der Waals surface area contributed by atoms with Gasteiger partial charge in [0.25, 0.3) is 0 Å². The lowest BCUT2D eigenvalue weighted by molar-refractivity contribution is -0.144. The third-order valence-corrected chi connectivity index (χ3v) is 3.67. The average molecular weight is 280 g/mol. The molecule has 7 nitrogen and oxygen atoms in total. The Balaban J connectivity index is 1.78. The SMILES string of the molecule is Cn1cc(CCNC(=O)NC(C)(C(=O)O)C2CC2)cn1. The highest BCUT2D eigenvalue weighted by atomic mass is 16.4. The lowest BCUT2D eigenvalue weighted by atomic mass is 9.96. The molecule has 3 N–H and O–H groups in total. The van der Waals surface area contributed by atoms with Gasteiger partial charge in [0.2, 0.25) is 0 Å². The van der Waals surface area contributed by atoms with Crippen LogP contribution in [0, 0.1) is 5.92 Å². The lowest BCUT2D eigenvalue weighted by Crippen LogP contribution is -2.56. The standard InChI is InChI=1S/C13H20N4O3/c1-13(11(18)19,10-3-4-10)16-12(20)14-6-5-9-7-15-17(2)8-9/h7-8,10H,3-6H2,1-2H3,(H,18,19)(H2,14,16,20). The maximum absolute atomic E-state index is 11.8. The van der Waals surface area contributed by atoms with Gasteiger partial charge < -0.3 is 15.7 Å². The number of carboxylic acids is 1. The summed E-state index contributed by atoms with van der Waals surface area (Å²) in [7, 11) is 1.83. The molecule has 0 aromatic carbocycles. The number of carbonyl (C=O) groups is 2. The molecule has 1 aliphatic carbocycles. The zero-order valence-corrected chi connectivity index (χ0v) is 11.7. The van der Waals surface area contributed by atoms with Gasteiger partial charge in [-0.05, 0) is 37.7 Å². The van der Waals surface area contributed by atoms with Gasteiger partial charge in [-0.3, -0.25) is 4.68 Å². The molecule has 2 amide bonds. The van der Waals surface area contributed by atoms with E-state index in [1.807, 2.05) is 13.2 Å². The molecule has 0 bridgehead atoms. The zero-order chi connectivity index (χ0) is 14.8. The van der Waals surface area contributed by atoms with Gasteiger partial charge in [0.15, 0.2) is 0 Å². The second kappa shape index (κ2) is 5.52. The largest absolute Gasteiger partial charge is 0.480 e. The van der Waals surface area contributed by atoms with Crippen molar-refractivity contribution in [3.05, 3.63) is 18.0 Å². The fourth-order valence-corrected chi connectivity index (χ4v) is 2.19. The molecule has 7 heteroatoms. The summed E-state index contributed by atoms with van der Waals surface area (Å²) in [6, 6.07) is -0.439. The molecule has 1 fully saturated rings. The fourth-order valence-electron chi connectivity index (χ4n) is 2.19. The average Bonchev–Trinajstić information content (AvgIpc) is 3.14. The van der Waals surface area contributed by atoms with E-state index in [1.54, 1.807) is 17.8 Å². The van der Waals surface area contributed by atoms with E-state index in [9.17, 15) is 14.7 Å². The Bertz CT molecular complexity index is 509. The van der Waals surface area contributed by atoms with Crippen molar-refractivity contribution in [3.63, 3.8) is 0 Å². The van der Waals surface area contributed by atoms with Gasteiger partial charge in [-0.25, -0.2) is 9.59 Å². The Morgan fingerprint density at radius 1 is 1.55 bits per heavy atom. The first-order valence-corrected chi connectivity index (χ1v) is 6.69. The molecule has 2 rings (SSSR count). The highest BCUT2D eigenvalue weighted by Crippen LogP contribution is 2.39. The van der Waals surface area contributed by atoms with E-state index in [-0.39, 0.29) is 5.92 Å². The maximum Gasteiger partial charge on any atom is 0.329 e. The lowest BCUT2D eigenvalue weighted by Gasteiger charge is -2.26. The molecule has 0 spiro atoms. The number of hydrogen-bond donors (Lipinski definition) is 3. The highest BCUT2D eigenvalue weighted by Gasteiger charge is 2.48. The first-order chi connectivity index (χ1) is 9.41. The quantitative estimate of drug-likeness (QED) is 0.707. The number of carbonyl (C=O) groups excluding carboxylic acids is 1. The number of nitrogens with zero attached hydrogens (tertiary/aromatic N) is 2. The number of rotatable bonds is 6. The van der Waals surface area contributed by atoms with Crippen molar-refractivity contribution in [2.24, 2.45) is 13.0 Å². The molecule has 1 unspecified atom stereocenters. The highest BCUT2D eigenvalue weighted by molar-refractivity contribution is 5.86. The van der Waals surface area contributed by atoms with Crippen LogP contribution >= 0.6 is 0 Å². The minimum atomic E-state index is -1.17. The number of nitrogens with one attached hydrogen (secondary N) is 2. The number of amides is 2. The van der Waals surface area contributed by atoms with Crippen molar-refractivity contribution in [1.29, 1.82) is 0 Å². The number of hydrogen-bond acceptors (Lipinski definition) is 3. The van der Waals surface area contributed by atoms with E-state index in [2.05, 4.69) is 15.7 Å². The molecule has 0 saturated heterocycles. The van der Waals surface area contributed by atoms with Crippen molar-refractivity contribution in [3.8, 4) is 0 Å². The van der Waals surface area contributed by atoms with Crippen molar-refractivity contribution in [2.75, 3.05) is 6.54 Å². The van der Waals surface area contributed by atoms with Crippen LogP contribution in [0.15, 0.2) is 12.4 Å². The molecule has 0 aliphatic heterocycles. The van der Waals surface area contributed by atoms with E-state index < -0.39 is 17.5 Å². The number of aryl methyl sites for hydroxylation is 1. The predicted octanol–water partition coefficient (Wildman–Crippen LogP) is 0.515. The molecule has 1 aromatic heterocycles. The van der Waals surface area contributed by atoms with Crippen molar-refractivity contribution in [2.45, 2.75) is 31.7 Å². The molecule has 110 valence electrons. The molecule has 0 radical (unpaired) electrons. The minimum Gasteiger partial charge on any atom is -0.480 e. The van der Waals surface area contributed by atoms with E-state index in [0.717, 1.165) is 18.4 Å². The number of aliphatic carboxylic acids is 1. The summed E-state index contributed by atoms with van der Waals surface area (Å²) in [5.74, 6) is -0.952. The second-order valence-electron chi connectivity index (χ2n) is 5.43. The summed E-state index contributed by atoms with van der Waals surface area (Å²) in [6.45, 7) is 2.01. The molecular weight excluding hydrogens is 260 g/mol. The molecular formula is C13H20N4O3. The van der Waals surface area contributed by atoms with Gasteiger partial charge in [-0.1, -0.05) is 0 Å². The maximum atomic E-state index is 11.8. The monoisotopic (exact) mass is 280 g/mol. The van der Waals surface area contributed by atoms with Gasteiger partial charge >= 0.3 is 12.0 Å². The van der Waals surface area contributed by atoms with Crippen LogP contribution in [0.4, 0.5) is 4.79 Å². The van der Waals surface area contributed by atoms with E-state index in [1.165, 1.54) is 0 Å². The summed E-state index contributed by atoms with van der Waals surface area (Å²) in [6.07, 6.45) is 5.97. The van der Waals surface area contributed by atoms with Crippen LogP contribution in [-0.4, -0.2) is 39.0 Å². The first kappa shape index (κ1) is 14.4. The number of urea groups is 1. The zero-order valence-electron chi connectivity index (χ0n) is 11.7. The van der Waals surface area contributed by atoms with Crippen LogP contribution in [0.1, 0.15) is 25.3 Å². The smallest absolute Gasteiger partial charge is 0.329 e. The Kier molecular flexibility index (Phi) is 3.96. The van der Waals surface area contributed by atoms with Crippen LogP contribution in [0.3, 0.4) is 0 Å². The normalized spacial score (nSPS) is 17.3. The Hall–Kier alpha value is -2.05. The van der Waals surface area contributed by atoms with Gasteiger partial charge in [-0.2, -0.15) is 5.10 Å². The van der Waals surface area contributed by atoms with Crippen LogP contribution in [0.2, 0.25) is 0 Å². The molecule has 1 heterocycles. The number of aromatic nitrogens is 2. The van der Waals surface area contributed by atoms with Crippen LogP contribution in [0.5, 0.6) is 0 Å². The summed E-state index contributed by atoms with van der Waals surface area (Å²) in [5.41, 5.74) is -0.144. The summed E-state index contributed by atoms with van der Waals surface area (Å²) in [5, 5.41) is 18.5. The summed E-state index contributed by atoms with van der Waals surface area (Å²) >= 11 is 0. The minimum absolute atomic E-state index is 0.0315. The third kappa shape index (κ3) is 3.28. The molecule has 1 aromatic rings. The number of carboxylic acid groups (broad SMARTS) is 1. The van der Waals surface area contributed by atoms with Gasteiger partial charge in [0.1, 0.15) is 5.54 Å². The first-order valence-electron chi connectivity index (χ1n) is 6.69. The van der Waals surface area contributed by atoms with Gasteiger partial charge in [-0.15, -0.1) is 0 Å². The van der Waals surface area contributed by atoms with Crippen molar-refractivity contribution in [1.82, 2.24) is 20.4 Å².